The van der Waals surface area contributed by atoms with E-state index >= 15 is 0 Å². The van der Waals surface area contributed by atoms with Crippen LogP contribution < -0.4 is 5.32 Å². The standard InChI is InChI=1S/C24H24ClN5O/c1-17-23(18(2)30(28-17)16-21-6-3-4-7-22(21)25)24(31)26-14-19-8-10-20(11-9-19)15-29-13-5-12-27-29/h3-13H,14-16H2,1-2H3,(H,26,31). The van der Waals surface area contributed by atoms with Gasteiger partial charge in [0.2, 0.25) is 0 Å². The highest BCUT2D eigenvalue weighted by Gasteiger charge is 2.19. The summed E-state index contributed by atoms with van der Waals surface area (Å²) < 4.78 is 3.71. The summed E-state index contributed by atoms with van der Waals surface area (Å²) in [6, 6.07) is 17.7. The van der Waals surface area contributed by atoms with Crippen molar-refractivity contribution in [3.63, 3.8) is 0 Å². The molecule has 0 aliphatic heterocycles. The number of hydrogen-bond donors (Lipinski definition) is 1. The molecule has 31 heavy (non-hydrogen) atoms. The van der Waals surface area contributed by atoms with E-state index in [0.717, 1.165) is 28.9 Å². The van der Waals surface area contributed by atoms with Gasteiger partial charge in [0, 0.05) is 29.7 Å². The van der Waals surface area contributed by atoms with Gasteiger partial charge < -0.3 is 5.32 Å². The van der Waals surface area contributed by atoms with E-state index < -0.39 is 0 Å². The zero-order valence-electron chi connectivity index (χ0n) is 17.5. The lowest BCUT2D eigenvalue weighted by Crippen LogP contribution is -2.24. The van der Waals surface area contributed by atoms with Gasteiger partial charge in [-0.05, 0) is 42.7 Å². The molecule has 1 N–H and O–H groups in total. The first-order valence-corrected chi connectivity index (χ1v) is 10.5. The Balaban J connectivity index is 1.40. The molecule has 1 amide bonds. The van der Waals surface area contributed by atoms with Gasteiger partial charge in [0.25, 0.3) is 5.91 Å². The van der Waals surface area contributed by atoms with Crippen molar-refractivity contribution in [2.45, 2.75) is 33.5 Å². The van der Waals surface area contributed by atoms with Crippen LogP contribution >= 0.6 is 11.6 Å². The summed E-state index contributed by atoms with van der Waals surface area (Å²) in [5.74, 6) is -0.124. The molecule has 0 aliphatic carbocycles. The number of halogens is 1. The highest BCUT2D eigenvalue weighted by Crippen LogP contribution is 2.19. The Labute approximate surface area is 186 Å². The minimum Gasteiger partial charge on any atom is -0.348 e. The maximum absolute atomic E-state index is 12.9. The molecule has 0 spiro atoms. The third-order valence-electron chi connectivity index (χ3n) is 5.27. The summed E-state index contributed by atoms with van der Waals surface area (Å²) in [6.45, 7) is 5.47. The average molecular weight is 434 g/mol. The predicted molar refractivity (Wildman–Crippen MR) is 121 cm³/mol. The van der Waals surface area contributed by atoms with E-state index in [-0.39, 0.29) is 5.91 Å². The largest absolute Gasteiger partial charge is 0.348 e. The van der Waals surface area contributed by atoms with Gasteiger partial charge in [-0.3, -0.25) is 14.2 Å². The Morgan fingerprint density at radius 2 is 1.74 bits per heavy atom. The second-order valence-corrected chi connectivity index (χ2v) is 7.90. The Morgan fingerprint density at radius 1 is 1.00 bits per heavy atom. The maximum Gasteiger partial charge on any atom is 0.255 e. The summed E-state index contributed by atoms with van der Waals surface area (Å²) >= 11 is 6.28. The lowest BCUT2D eigenvalue weighted by Gasteiger charge is -2.09. The van der Waals surface area contributed by atoms with E-state index in [0.29, 0.717) is 29.4 Å². The number of nitrogens with zero attached hydrogens (tertiary/aromatic N) is 4. The number of nitrogens with one attached hydrogen (secondary N) is 1. The molecule has 158 valence electrons. The lowest BCUT2D eigenvalue weighted by molar-refractivity contribution is 0.0949. The van der Waals surface area contributed by atoms with Crippen LogP contribution in [0, 0.1) is 13.8 Å². The van der Waals surface area contributed by atoms with Gasteiger partial charge in [-0.15, -0.1) is 0 Å². The van der Waals surface area contributed by atoms with Crippen molar-refractivity contribution in [3.8, 4) is 0 Å². The van der Waals surface area contributed by atoms with Crippen LogP contribution in [0.4, 0.5) is 0 Å². The molecule has 0 bridgehead atoms. The van der Waals surface area contributed by atoms with E-state index in [1.54, 1.807) is 6.20 Å². The first-order valence-electron chi connectivity index (χ1n) is 10.1. The van der Waals surface area contributed by atoms with Crippen LogP contribution in [-0.4, -0.2) is 25.5 Å². The van der Waals surface area contributed by atoms with Crippen molar-refractivity contribution in [2.24, 2.45) is 0 Å². The van der Waals surface area contributed by atoms with Crippen LogP contribution in [0.1, 0.15) is 38.4 Å². The quantitative estimate of drug-likeness (QED) is 0.470. The first-order chi connectivity index (χ1) is 15.0. The fourth-order valence-corrected chi connectivity index (χ4v) is 3.78. The van der Waals surface area contributed by atoms with Gasteiger partial charge in [-0.25, -0.2) is 0 Å². The van der Waals surface area contributed by atoms with Crippen molar-refractivity contribution in [1.82, 2.24) is 24.9 Å². The minimum absolute atomic E-state index is 0.124. The molecule has 6 nitrogen and oxygen atoms in total. The third-order valence-corrected chi connectivity index (χ3v) is 5.64. The minimum atomic E-state index is -0.124. The number of aryl methyl sites for hydroxylation is 1. The first kappa shape index (κ1) is 20.9. The molecule has 2 aromatic carbocycles. The fraction of sp³-hybridized carbons (Fsp3) is 0.208. The monoisotopic (exact) mass is 433 g/mol. The topological polar surface area (TPSA) is 64.7 Å². The molecular formula is C24H24ClN5O. The molecular weight excluding hydrogens is 410 g/mol. The van der Waals surface area contributed by atoms with Crippen LogP contribution in [0.25, 0.3) is 0 Å². The molecule has 0 atom stereocenters. The molecule has 0 fully saturated rings. The van der Waals surface area contributed by atoms with Gasteiger partial charge in [0.05, 0.1) is 24.3 Å². The van der Waals surface area contributed by atoms with Gasteiger partial charge in [-0.1, -0.05) is 54.1 Å². The third kappa shape index (κ3) is 4.86. The molecule has 2 aromatic heterocycles. The Kier molecular flexibility index (Phi) is 6.18. The van der Waals surface area contributed by atoms with E-state index in [2.05, 4.69) is 27.6 Å². The van der Waals surface area contributed by atoms with E-state index in [1.807, 2.05) is 71.9 Å². The summed E-state index contributed by atoms with van der Waals surface area (Å²) in [6.07, 6.45) is 3.70. The van der Waals surface area contributed by atoms with Crippen LogP contribution in [0.5, 0.6) is 0 Å². The van der Waals surface area contributed by atoms with Gasteiger partial charge >= 0.3 is 0 Å². The number of rotatable bonds is 7. The maximum atomic E-state index is 12.9. The lowest BCUT2D eigenvalue weighted by atomic mass is 10.1. The number of carbonyl (C=O) groups excluding carboxylic acids is 1. The van der Waals surface area contributed by atoms with Gasteiger partial charge in [0.1, 0.15) is 0 Å². The normalized spacial score (nSPS) is 10.9. The van der Waals surface area contributed by atoms with E-state index in [4.69, 9.17) is 11.6 Å². The molecule has 0 saturated heterocycles. The Bertz CT molecular complexity index is 1180. The fourth-order valence-electron chi connectivity index (χ4n) is 3.58. The van der Waals surface area contributed by atoms with Gasteiger partial charge in [-0.2, -0.15) is 10.2 Å². The summed E-state index contributed by atoms with van der Waals surface area (Å²) in [4.78, 5) is 12.9. The number of hydrogen-bond acceptors (Lipinski definition) is 3. The second-order valence-electron chi connectivity index (χ2n) is 7.50. The number of carbonyl (C=O) groups is 1. The molecule has 4 aromatic rings. The van der Waals surface area contributed by atoms with Crippen LogP contribution in [0.3, 0.4) is 0 Å². The smallest absolute Gasteiger partial charge is 0.255 e. The number of benzene rings is 2. The zero-order chi connectivity index (χ0) is 21.8. The van der Waals surface area contributed by atoms with E-state index in [9.17, 15) is 4.79 Å². The molecule has 0 aliphatic rings. The highest BCUT2D eigenvalue weighted by molar-refractivity contribution is 6.31. The van der Waals surface area contributed by atoms with Crippen LogP contribution in [0.2, 0.25) is 5.02 Å². The molecule has 0 unspecified atom stereocenters. The molecule has 0 saturated carbocycles. The van der Waals surface area contributed by atoms with Crippen molar-refractivity contribution in [2.75, 3.05) is 0 Å². The molecule has 7 heteroatoms. The van der Waals surface area contributed by atoms with Crippen molar-refractivity contribution in [3.05, 3.63) is 106 Å². The molecule has 4 rings (SSSR count). The van der Waals surface area contributed by atoms with Gasteiger partial charge in [0.15, 0.2) is 0 Å². The number of aromatic nitrogens is 4. The summed E-state index contributed by atoms with van der Waals surface area (Å²) in [5, 5.41) is 12.5. The van der Waals surface area contributed by atoms with Crippen molar-refractivity contribution in [1.29, 1.82) is 0 Å². The molecule has 0 radical (unpaired) electrons. The number of amides is 1. The Hall–Kier alpha value is -3.38. The summed E-state index contributed by atoms with van der Waals surface area (Å²) in [5.41, 5.74) is 5.31. The zero-order valence-corrected chi connectivity index (χ0v) is 18.3. The second kappa shape index (κ2) is 9.18. The van der Waals surface area contributed by atoms with Crippen LogP contribution in [-0.2, 0) is 19.6 Å². The highest BCUT2D eigenvalue weighted by atomic mass is 35.5. The van der Waals surface area contributed by atoms with Crippen LogP contribution in [0.15, 0.2) is 67.0 Å². The SMILES string of the molecule is Cc1nn(Cc2ccccc2Cl)c(C)c1C(=O)NCc1ccc(Cn2cccn2)cc1. The van der Waals surface area contributed by atoms with Crippen molar-refractivity contribution < 1.29 is 4.79 Å². The summed E-state index contributed by atoms with van der Waals surface area (Å²) in [7, 11) is 0. The van der Waals surface area contributed by atoms with E-state index in [1.165, 1.54) is 0 Å². The Morgan fingerprint density at radius 3 is 2.45 bits per heavy atom. The molecule has 2 heterocycles. The van der Waals surface area contributed by atoms with Crippen molar-refractivity contribution >= 4 is 17.5 Å². The predicted octanol–water partition coefficient (Wildman–Crippen LogP) is 4.38. The average Bonchev–Trinajstić information content (AvgIpc) is 3.36.